The Bertz CT molecular complexity index is 1060. The van der Waals surface area contributed by atoms with Gasteiger partial charge >= 0.3 is 0 Å². The van der Waals surface area contributed by atoms with Crippen molar-refractivity contribution in [3.63, 3.8) is 0 Å². The molecule has 0 atom stereocenters. The summed E-state index contributed by atoms with van der Waals surface area (Å²) in [7, 11) is 0. The second-order valence-corrected chi connectivity index (χ2v) is 7.26. The number of nitro benzene ring substituents is 1. The van der Waals surface area contributed by atoms with Gasteiger partial charge in [-0.15, -0.1) is 0 Å². The zero-order chi connectivity index (χ0) is 21.1. The number of nitrogens with zero attached hydrogens (tertiary/aromatic N) is 5. The molecule has 1 fully saturated rings. The van der Waals surface area contributed by atoms with E-state index in [0.717, 1.165) is 11.1 Å². The molecule has 154 valence electrons. The van der Waals surface area contributed by atoms with Gasteiger partial charge < -0.3 is 9.42 Å². The average Bonchev–Trinajstić information content (AvgIpc) is 3.22. The van der Waals surface area contributed by atoms with E-state index < -0.39 is 4.92 Å². The minimum atomic E-state index is -0.477. The number of carbonyl (C=O) groups is 1. The SMILES string of the molecule is Cc1cccc(-c2nc(CN3CCN(C(=O)c4ccc([N+](=O)[O-])cc4)CC3)no2)c1. The Balaban J connectivity index is 1.32. The maximum absolute atomic E-state index is 12.6. The largest absolute Gasteiger partial charge is 0.336 e. The maximum Gasteiger partial charge on any atom is 0.269 e. The van der Waals surface area contributed by atoms with Gasteiger partial charge in [-0.25, -0.2) is 0 Å². The smallest absolute Gasteiger partial charge is 0.269 e. The Morgan fingerprint density at radius 1 is 1.13 bits per heavy atom. The van der Waals surface area contributed by atoms with Crippen molar-refractivity contribution < 1.29 is 14.2 Å². The number of benzene rings is 2. The van der Waals surface area contributed by atoms with Crippen LogP contribution in [0.3, 0.4) is 0 Å². The third-order valence-corrected chi connectivity index (χ3v) is 5.08. The fourth-order valence-corrected chi connectivity index (χ4v) is 3.43. The molecule has 0 N–H and O–H groups in total. The van der Waals surface area contributed by atoms with Gasteiger partial charge in [0.1, 0.15) is 0 Å². The van der Waals surface area contributed by atoms with Gasteiger partial charge in [0.15, 0.2) is 5.82 Å². The number of aryl methyl sites for hydroxylation is 1. The predicted octanol–water partition coefficient (Wildman–Crippen LogP) is 2.91. The van der Waals surface area contributed by atoms with Crippen LogP contribution in [0.4, 0.5) is 5.69 Å². The zero-order valence-corrected chi connectivity index (χ0v) is 16.5. The predicted molar refractivity (Wildman–Crippen MR) is 109 cm³/mol. The van der Waals surface area contributed by atoms with Crippen molar-refractivity contribution in [3.05, 3.63) is 75.6 Å². The fourth-order valence-electron chi connectivity index (χ4n) is 3.43. The van der Waals surface area contributed by atoms with E-state index in [2.05, 4.69) is 15.0 Å². The third-order valence-electron chi connectivity index (χ3n) is 5.08. The van der Waals surface area contributed by atoms with Crippen molar-refractivity contribution >= 4 is 11.6 Å². The molecule has 30 heavy (non-hydrogen) atoms. The second-order valence-electron chi connectivity index (χ2n) is 7.26. The van der Waals surface area contributed by atoms with Crippen molar-refractivity contribution in [2.75, 3.05) is 26.2 Å². The van der Waals surface area contributed by atoms with Crippen LogP contribution >= 0.6 is 0 Å². The Hall–Kier alpha value is -3.59. The number of hydrogen-bond acceptors (Lipinski definition) is 7. The van der Waals surface area contributed by atoms with Gasteiger partial charge in [0.05, 0.1) is 11.5 Å². The molecule has 1 amide bonds. The molecular weight excluding hydrogens is 386 g/mol. The molecule has 1 aromatic heterocycles. The molecule has 1 saturated heterocycles. The van der Waals surface area contributed by atoms with Crippen LogP contribution in [0.15, 0.2) is 53.1 Å². The van der Waals surface area contributed by atoms with Crippen LogP contribution in [0.25, 0.3) is 11.5 Å². The van der Waals surface area contributed by atoms with Gasteiger partial charge in [-0.3, -0.25) is 19.8 Å². The summed E-state index contributed by atoms with van der Waals surface area (Å²) < 4.78 is 5.39. The van der Waals surface area contributed by atoms with Crippen molar-refractivity contribution in [3.8, 4) is 11.5 Å². The second kappa shape index (κ2) is 8.42. The Morgan fingerprint density at radius 2 is 1.87 bits per heavy atom. The topological polar surface area (TPSA) is 106 Å². The highest BCUT2D eigenvalue weighted by Gasteiger charge is 2.23. The molecular formula is C21H21N5O4. The lowest BCUT2D eigenvalue weighted by Crippen LogP contribution is -2.48. The molecule has 0 spiro atoms. The van der Waals surface area contributed by atoms with E-state index >= 15 is 0 Å². The molecule has 0 saturated carbocycles. The number of aromatic nitrogens is 2. The number of hydrogen-bond donors (Lipinski definition) is 0. The summed E-state index contributed by atoms with van der Waals surface area (Å²) in [5.74, 6) is 0.994. The zero-order valence-electron chi connectivity index (χ0n) is 16.5. The summed E-state index contributed by atoms with van der Waals surface area (Å²) in [6.07, 6.45) is 0. The summed E-state index contributed by atoms with van der Waals surface area (Å²) in [4.78, 5) is 31.3. The van der Waals surface area contributed by atoms with Crippen molar-refractivity contribution in [2.24, 2.45) is 0 Å². The summed E-state index contributed by atoms with van der Waals surface area (Å²) in [6, 6.07) is 13.6. The summed E-state index contributed by atoms with van der Waals surface area (Å²) in [6.45, 7) is 5.07. The Morgan fingerprint density at radius 3 is 2.53 bits per heavy atom. The van der Waals surface area contributed by atoms with Gasteiger partial charge in [0.25, 0.3) is 17.5 Å². The quantitative estimate of drug-likeness (QED) is 0.473. The standard InChI is InChI=1S/C21H21N5O4/c1-15-3-2-4-17(13-15)20-22-19(23-30-20)14-24-9-11-25(12-10-24)21(27)16-5-7-18(8-6-16)26(28)29/h2-8,13H,9-12,14H2,1H3. The molecule has 1 aliphatic rings. The molecule has 0 bridgehead atoms. The Kier molecular flexibility index (Phi) is 5.53. The van der Waals surface area contributed by atoms with E-state index in [0.29, 0.717) is 50.0 Å². The average molecular weight is 407 g/mol. The fraction of sp³-hybridized carbons (Fsp3) is 0.286. The normalized spacial score (nSPS) is 14.6. The van der Waals surface area contributed by atoms with E-state index in [1.54, 1.807) is 4.90 Å². The van der Waals surface area contributed by atoms with Crippen LogP contribution in [0.2, 0.25) is 0 Å². The number of carbonyl (C=O) groups excluding carboxylic acids is 1. The molecule has 1 aliphatic heterocycles. The highest BCUT2D eigenvalue weighted by Crippen LogP contribution is 2.19. The molecule has 0 aliphatic carbocycles. The van der Waals surface area contributed by atoms with Crippen LogP contribution in [0.5, 0.6) is 0 Å². The number of non-ortho nitro benzene ring substituents is 1. The van der Waals surface area contributed by atoms with E-state index in [1.165, 1.54) is 24.3 Å². The van der Waals surface area contributed by atoms with E-state index in [1.807, 2.05) is 31.2 Å². The lowest BCUT2D eigenvalue weighted by molar-refractivity contribution is -0.384. The van der Waals surface area contributed by atoms with Crippen LogP contribution < -0.4 is 0 Å². The van der Waals surface area contributed by atoms with Gasteiger partial charge in [-0.2, -0.15) is 4.98 Å². The molecule has 4 rings (SSSR count). The number of nitro groups is 1. The van der Waals surface area contributed by atoms with Crippen LogP contribution in [-0.4, -0.2) is 56.9 Å². The van der Waals surface area contributed by atoms with Crippen molar-refractivity contribution in [1.29, 1.82) is 0 Å². The first-order chi connectivity index (χ1) is 14.5. The monoisotopic (exact) mass is 407 g/mol. The Labute approximate surface area is 173 Å². The number of rotatable bonds is 5. The summed E-state index contributed by atoms with van der Waals surface area (Å²) >= 11 is 0. The highest BCUT2D eigenvalue weighted by atomic mass is 16.6. The summed E-state index contributed by atoms with van der Waals surface area (Å²) in [5.41, 5.74) is 2.45. The molecule has 3 aromatic rings. The van der Waals surface area contributed by atoms with Gasteiger partial charge in [-0.1, -0.05) is 22.9 Å². The molecule has 9 nitrogen and oxygen atoms in total. The maximum atomic E-state index is 12.6. The molecule has 2 aromatic carbocycles. The van der Waals surface area contributed by atoms with Crippen molar-refractivity contribution in [1.82, 2.24) is 19.9 Å². The van der Waals surface area contributed by atoms with Crippen molar-refractivity contribution in [2.45, 2.75) is 13.5 Å². The number of piperazine rings is 1. The van der Waals surface area contributed by atoms with E-state index in [-0.39, 0.29) is 11.6 Å². The molecule has 0 unspecified atom stereocenters. The van der Waals surface area contributed by atoms with Crippen LogP contribution in [0, 0.1) is 17.0 Å². The van der Waals surface area contributed by atoms with Crippen LogP contribution in [0.1, 0.15) is 21.7 Å². The lowest BCUT2D eigenvalue weighted by Gasteiger charge is -2.34. The molecule has 2 heterocycles. The summed E-state index contributed by atoms with van der Waals surface area (Å²) in [5, 5.41) is 14.8. The van der Waals surface area contributed by atoms with Gasteiger partial charge in [-0.05, 0) is 31.2 Å². The van der Waals surface area contributed by atoms with Gasteiger partial charge in [0.2, 0.25) is 0 Å². The van der Waals surface area contributed by atoms with E-state index in [9.17, 15) is 14.9 Å². The van der Waals surface area contributed by atoms with Crippen LogP contribution in [-0.2, 0) is 6.54 Å². The first-order valence-corrected chi connectivity index (χ1v) is 9.65. The number of amides is 1. The van der Waals surface area contributed by atoms with Gasteiger partial charge in [0, 0.05) is 49.4 Å². The third kappa shape index (κ3) is 4.36. The lowest BCUT2D eigenvalue weighted by atomic mass is 10.1. The minimum absolute atomic E-state index is 0.0264. The first-order valence-electron chi connectivity index (χ1n) is 9.65. The molecule has 9 heteroatoms. The first kappa shape index (κ1) is 19.7. The highest BCUT2D eigenvalue weighted by molar-refractivity contribution is 5.94. The molecule has 0 radical (unpaired) electrons. The minimum Gasteiger partial charge on any atom is -0.336 e. The van der Waals surface area contributed by atoms with E-state index in [4.69, 9.17) is 4.52 Å².